The number of benzene rings is 3. The fourth-order valence-electron chi connectivity index (χ4n) is 4.39. The van der Waals surface area contributed by atoms with Gasteiger partial charge in [-0.05, 0) is 36.6 Å². The molecule has 2 aromatic heterocycles. The molecule has 5 aromatic rings. The standard InChI is InChI=1S/C27H24FN3O/c1-18-12-13-24-22(14-18)25-26(31(24)16-21-10-6-7-11-23(21)28)27(32)30(17-29-25)15-19(2)20-8-4-3-5-9-20/h3-14,17,19H,15-16H2,1-2H3/t19-/m0/s1. The summed E-state index contributed by atoms with van der Waals surface area (Å²) < 4.78 is 18.0. The van der Waals surface area contributed by atoms with Crippen molar-refractivity contribution in [3.8, 4) is 0 Å². The first-order chi connectivity index (χ1) is 15.5. The van der Waals surface area contributed by atoms with Gasteiger partial charge in [0.1, 0.15) is 16.9 Å². The van der Waals surface area contributed by atoms with Gasteiger partial charge in [0.15, 0.2) is 0 Å². The number of aromatic nitrogens is 3. The van der Waals surface area contributed by atoms with Gasteiger partial charge in [0, 0.05) is 17.5 Å². The van der Waals surface area contributed by atoms with Gasteiger partial charge in [0.25, 0.3) is 5.56 Å². The zero-order chi connectivity index (χ0) is 22.2. The summed E-state index contributed by atoms with van der Waals surface area (Å²) in [5.41, 5.74) is 4.74. The second-order valence-corrected chi connectivity index (χ2v) is 8.41. The number of aryl methyl sites for hydroxylation is 1. The molecule has 5 rings (SSSR count). The molecule has 0 radical (unpaired) electrons. The highest BCUT2D eigenvalue weighted by Crippen LogP contribution is 2.28. The average Bonchev–Trinajstić information content (AvgIpc) is 3.11. The van der Waals surface area contributed by atoms with Gasteiger partial charge in [-0.15, -0.1) is 0 Å². The minimum Gasteiger partial charge on any atom is -0.330 e. The zero-order valence-corrected chi connectivity index (χ0v) is 18.1. The van der Waals surface area contributed by atoms with E-state index in [9.17, 15) is 9.18 Å². The summed E-state index contributed by atoms with van der Waals surface area (Å²) in [6.45, 7) is 4.91. The van der Waals surface area contributed by atoms with Crippen molar-refractivity contribution in [2.24, 2.45) is 0 Å². The molecule has 0 bridgehead atoms. The SMILES string of the molecule is Cc1ccc2c(c1)c1ncn(C[C@H](C)c3ccccc3)c(=O)c1n2Cc1ccccc1F. The van der Waals surface area contributed by atoms with E-state index in [1.54, 1.807) is 23.0 Å². The maximum Gasteiger partial charge on any atom is 0.277 e. The molecule has 0 unspecified atom stereocenters. The van der Waals surface area contributed by atoms with Crippen molar-refractivity contribution in [2.75, 3.05) is 0 Å². The van der Waals surface area contributed by atoms with Crippen LogP contribution in [0.2, 0.25) is 0 Å². The average molecular weight is 426 g/mol. The van der Waals surface area contributed by atoms with E-state index < -0.39 is 0 Å². The van der Waals surface area contributed by atoms with E-state index >= 15 is 0 Å². The van der Waals surface area contributed by atoms with Crippen LogP contribution in [0, 0.1) is 12.7 Å². The van der Waals surface area contributed by atoms with Crippen LogP contribution in [0.1, 0.15) is 29.5 Å². The maximum atomic E-state index is 14.5. The van der Waals surface area contributed by atoms with Crippen LogP contribution in [-0.2, 0) is 13.1 Å². The smallest absolute Gasteiger partial charge is 0.277 e. The van der Waals surface area contributed by atoms with Gasteiger partial charge in [-0.3, -0.25) is 9.36 Å². The molecule has 3 aromatic carbocycles. The Labute approximate surface area is 185 Å². The lowest BCUT2D eigenvalue weighted by Gasteiger charge is -2.14. The van der Waals surface area contributed by atoms with E-state index in [2.05, 4.69) is 19.1 Å². The van der Waals surface area contributed by atoms with Crippen molar-refractivity contribution in [3.63, 3.8) is 0 Å². The Balaban J connectivity index is 1.69. The number of fused-ring (bicyclic) bond motifs is 3. The van der Waals surface area contributed by atoms with Crippen LogP contribution in [0.4, 0.5) is 4.39 Å². The van der Waals surface area contributed by atoms with Crippen LogP contribution in [0.25, 0.3) is 21.9 Å². The number of hydrogen-bond donors (Lipinski definition) is 0. The molecule has 0 aliphatic carbocycles. The Morgan fingerprint density at radius 1 is 1.00 bits per heavy atom. The predicted molar refractivity (Wildman–Crippen MR) is 127 cm³/mol. The third-order valence-electron chi connectivity index (χ3n) is 6.11. The van der Waals surface area contributed by atoms with Crippen molar-refractivity contribution in [2.45, 2.75) is 32.9 Å². The molecule has 2 heterocycles. The third kappa shape index (κ3) is 3.50. The summed E-state index contributed by atoms with van der Waals surface area (Å²) in [6, 6.07) is 22.9. The highest BCUT2D eigenvalue weighted by molar-refractivity contribution is 6.05. The maximum absolute atomic E-state index is 14.5. The minimum absolute atomic E-state index is 0.108. The largest absolute Gasteiger partial charge is 0.330 e. The fourth-order valence-corrected chi connectivity index (χ4v) is 4.39. The van der Waals surface area contributed by atoms with Gasteiger partial charge in [0.2, 0.25) is 0 Å². The van der Waals surface area contributed by atoms with Crippen molar-refractivity contribution in [3.05, 3.63) is 112 Å². The van der Waals surface area contributed by atoms with Crippen LogP contribution >= 0.6 is 0 Å². The number of hydrogen-bond acceptors (Lipinski definition) is 2. The van der Waals surface area contributed by atoms with Crippen molar-refractivity contribution in [1.29, 1.82) is 0 Å². The summed E-state index contributed by atoms with van der Waals surface area (Å²) in [4.78, 5) is 18.3. The second kappa shape index (κ2) is 8.08. The van der Waals surface area contributed by atoms with Crippen LogP contribution in [0.15, 0.2) is 83.9 Å². The first kappa shape index (κ1) is 20.2. The lowest BCUT2D eigenvalue weighted by molar-refractivity contribution is 0.574. The quantitative estimate of drug-likeness (QED) is 0.365. The van der Waals surface area contributed by atoms with E-state index in [4.69, 9.17) is 4.98 Å². The summed E-state index contributed by atoms with van der Waals surface area (Å²) in [6.07, 6.45) is 1.64. The molecule has 0 aliphatic heterocycles. The lowest BCUT2D eigenvalue weighted by Crippen LogP contribution is -2.24. The van der Waals surface area contributed by atoms with Crippen LogP contribution < -0.4 is 5.56 Å². The minimum atomic E-state index is -0.281. The normalized spacial score (nSPS) is 12.5. The van der Waals surface area contributed by atoms with Crippen molar-refractivity contribution < 1.29 is 4.39 Å². The first-order valence-corrected chi connectivity index (χ1v) is 10.8. The Kier molecular flexibility index (Phi) is 5.10. The van der Waals surface area contributed by atoms with Gasteiger partial charge in [-0.1, -0.05) is 67.1 Å². The lowest BCUT2D eigenvalue weighted by atomic mass is 10.0. The van der Waals surface area contributed by atoms with Crippen molar-refractivity contribution in [1.82, 2.24) is 14.1 Å². The predicted octanol–water partition coefficient (Wildman–Crippen LogP) is 5.65. The van der Waals surface area contributed by atoms with Gasteiger partial charge in [-0.25, -0.2) is 9.37 Å². The molecule has 0 saturated heterocycles. The molecule has 32 heavy (non-hydrogen) atoms. The molecule has 0 N–H and O–H groups in total. The van der Waals surface area contributed by atoms with E-state index in [0.29, 0.717) is 23.1 Å². The highest BCUT2D eigenvalue weighted by Gasteiger charge is 2.19. The second-order valence-electron chi connectivity index (χ2n) is 8.41. The molecule has 0 amide bonds. The molecule has 0 aliphatic rings. The summed E-state index contributed by atoms with van der Waals surface area (Å²) in [5.74, 6) is -0.128. The van der Waals surface area contributed by atoms with E-state index in [1.165, 1.54) is 11.6 Å². The molecule has 0 saturated carbocycles. The Morgan fingerprint density at radius 3 is 2.53 bits per heavy atom. The molecular weight excluding hydrogens is 401 g/mol. The van der Waals surface area contributed by atoms with E-state index in [-0.39, 0.29) is 23.8 Å². The van der Waals surface area contributed by atoms with Gasteiger partial charge >= 0.3 is 0 Å². The topological polar surface area (TPSA) is 39.8 Å². The zero-order valence-electron chi connectivity index (χ0n) is 18.1. The molecule has 0 spiro atoms. The fraction of sp³-hybridized carbons (Fsp3) is 0.185. The Morgan fingerprint density at radius 2 is 1.75 bits per heavy atom. The molecular formula is C27H24FN3O. The van der Waals surface area contributed by atoms with Crippen LogP contribution in [-0.4, -0.2) is 14.1 Å². The molecule has 1 atom stereocenters. The van der Waals surface area contributed by atoms with Gasteiger partial charge < -0.3 is 4.57 Å². The van der Waals surface area contributed by atoms with Crippen molar-refractivity contribution >= 4 is 21.9 Å². The first-order valence-electron chi connectivity index (χ1n) is 10.8. The molecule has 5 heteroatoms. The third-order valence-corrected chi connectivity index (χ3v) is 6.11. The number of rotatable bonds is 5. The molecule has 4 nitrogen and oxygen atoms in total. The van der Waals surface area contributed by atoms with E-state index in [1.807, 2.05) is 54.0 Å². The number of halogens is 1. The highest BCUT2D eigenvalue weighted by atomic mass is 19.1. The summed E-state index contributed by atoms with van der Waals surface area (Å²) >= 11 is 0. The summed E-state index contributed by atoms with van der Waals surface area (Å²) in [7, 11) is 0. The van der Waals surface area contributed by atoms with Crippen LogP contribution in [0.5, 0.6) is 0 Å². The van der Waals surface area contributed by atoms with Crippen LogP contribution in [0.3, 0.4) is 0 Å². The summed E-state index contributed by atoms with van der Waals surface area (Å²) in [5, 5.41) is 0.914. The van der Waals surface area contributed by atoms with Gasteiger partial charge in [0.05, 0.1) is 18.4 Å². The Bertz CT molecular complexity index is 1480. The Hall–Kier alpha value is -3.73. The molecule has 0 fully saturated rings. The monoisotopic (exact) mass is 425 g/mol. The molecule has 160 valence electrons. The van der Waals surface area contributed by atoms with E-state index in [0.717, 1.165) is 16.5 Å². The number of nitrogens with zero attached hydrogens (tertiary/aromatic N) is 3. The van der Waals surface area contributed by atoms with Gasteiger partial charge in [-0.2, -0.15) is 0 Å².